The maximum atomic E-state index is 15.1. The molecular weight excluding hydrogens is 637 g/mol. The summed E-state index contributed by atoms with van der Waals surface area (Å²) < 4.78 is 45.0. The lowest BCUT2D eigenvalue weighted by Crippen LogP contribution is -2.35. The monoisotopic (exact) mass is 663 g/mol. The molecule has 0 fully saturated rings. The fourth-order valence-electron chi connectivity index (χ4n) is 4.36. The third kappa shape index (κ3) is 8.56. The molecule has 3 aromatic heterocycles. The number of aromatic nitrogens is 2. The van der Waals surface area contributed by atoms with Gasteiger partial charge in [0.1, 0.15) is 18.2 Å². The number of carbonyl (C=O) groups excluding carboxylic acids is 2. The summed E-state index contributed by atoms with van der Waals surface area (Å²) in [5.74, 6) is -1.05. The Morgan fingerprint density at radius 2 is 1.78 bits per heavy atom. The molecule has 4 N–H and O–H groups in total. The van der Waals surface area contributed by atoms with Crippen molar-refractivity contribution in [2.24, 2.45) is 5.73 Å². The highest BCUT2D eigenvalue weighted by atomic mass is 32.1. The Morgan fingerprint density at radius 1 is 1.00 bits per heavy atom. The van der Waals surface area contributed by atoms with Crippen molar-refractivity contribution in [1.29, 1.82) is 0 Å². The predicted octanol–water partition coefficient (Wildman–Crippen LogP) is 6.14. The van der Waals surface area contributed by atoms with E-state index in [2.05, 4.69) is 20.6 Å². The van der Waals surface area contributed by atoms with Gasteiger partial charge in [0.2, 0.25) is 5.91 Å². The average molecular weight is 664 g/mol. The smallest absolute Gasteiger partial charge is 0.404 e. The minimum atomic E-state index is -0.863. The molecule has 0 aliphatic rings. The topological polar surface area (TPSA) is 138 Å². The molecule has 0 saturated carbocycles. The first-order valence-electron chi connectivity index (χ1n) is 13.8. The van der Waals surface area contributed by atoms with Crippen molar-refractivity contribution in [3.05, 3.63) is 102 Å². The second-order valence-electron chi connectivity index (χ2n) is 9.93. The van der Waals surface area contributed by atoms with Crippen molar-refractivity contribution in [2.45, 2.75) is 18.9 Å². The Balaban J connectivity index is 1.22. The quantitative estimate of drug-likeness (QED) is 0.142. The molecule has 3 heterocycles. The van der Waals surface area contributed by atoms with Crippen molar-refractivity contribution < 1.29 is 32.6 Å². The minimum absolute atomic E-state index is 0.000225. The maximum Gasteiger partial charge on any atom is 0.404 e. The number of nitrogens with zero attached hydrogens (tertiary/aromatic N) is 2. The molecule has 5 rings (SSSR count). The first kappa shape index (κ1) is 32.3. The molecule has 0 saturated heterocycles. The number of benzene rings is 2. The molecule has 1 atom stereocenters. The van der Waals surface area contributed by atoms with Gasteiger partial charge in [-0.2, -0.15) is 0 Å². The van der Waals surface area contributed by atoms with Crippen LogP contribution in [0.25, 0.3) is 20.8 Å². The van der Waals surface area contributed by atoms with E-state index in [4.69, 9.17) is 32.2 Å². The Hall–Kier alpha value is -5.05. The van der Waals surface area contributed by atoms with Gasteiger partial charge in [0.05, 0.1) is 33.3 Å². The van der Waals surface area contributed by atoms with Crippen LogP contribution in [-0.2, 0) is 27.1 Å². The van der Waals surface area contributed by atoms with Crippen molar-refractivity contribution >= 4 is 56.6 Å². The Labute approximate surface area is 271 Å². The van der Waals surface area contributed by atoms with E-state index in [0.29, 0.717) is 39.3 Å². The van der Waals surface area contributed by atoms with Gasteiger partial charge < -0.3 is 30.6 Å². The summed E-state index contributed by atoms with van der Waals surface area (Å²) in [6.07, 6.45) is 2.53. The van der Waals surface area contributed by atoms with E-state index in [0.717, 1.165) is 10.4 Å². The minimum Gasteiger partial charge on any atom is -0.453 e. The van der Waals surface area contributed by atoms with Gasteiger partial charge in [-0.3, -0.25) is 14.8 Å². The molecular formula is C32H27F2N5O5S2. The molecule has 236 valence electrons. The zero-order chi connectivity index (χ0) is 32.6. The molecule has 2 amide bonds. The average Bonchev–Trinajstić information content (AvgIpc) is 3.47. The Bertz CT molecular complexity index is 1870. The fraction of sp³-hybridized carbons (Fsp3) is 0.156. The van der Waals surface area contributed by atoms with Crippen molar-refractivity contribution in [2.75, 3.05) is 19.0 Å². The van der Waals surface area contributed by atoms with Crippen LogP contribution >= 0.6 is 23.6 Å². The molecule has 10 nitrogen and oxygen atoms in total. The summed E-state index contributed by atoms with van der Waals surface area (Å²) >= 11 is 6.58. The van der Waals surface area contributed by atoms with Gasteiger partial charge in [-0.15, -0.1) is 11.3 Å². The number of nitrogens with two attached hydrogens (primary N) is 1. The summed E-state index contributed by atoms with van der Waals surface area (Å²) in [6.45, 7) is 0.0316. The van der Waals surface area contributed by atoms with E-state index < -0.39 is 23.6 Å². The number of halogens is 2. The van der Waals surface area contributed by atoms with Gasteiger partial charge in [0.25, 0.3) is 0 Å². The van der Waals surface area contributed by atoms with Gasteiger partial charge >= 0.3 is 6.09 Å². The van der Waals surface area contributed by atoms with Crippen LogP contribution in [0.5, 0.6) is 11.5 Å². The summed E-state index contributed by atoms with van der Waals surface area (Å²) in [6, 6.07) is 17.1. The van der Waals surface area contributed by atoms with Crippen LogP contribution in [0.3, 0.4) is 0 Å². The lowest BCUT2D eigenvalue weighted by atomic mass is 10.1. The zero-order valence-corrected chi connectivity index (χ0v) is 25.9. The number of anilines is 1. The van der Waals surface area contributed by atoms with E-state index >= 15 is 4.39 Å². The van der Waals surface area contributed by atoms with E-state index in [1.807, 2.05) is 18.2 Å². The standard InChI is InChI=1S/C32H27F2N5O5S2/c1-42-22(17-43-31(35)41)12-19-4-8-24(37-16-19)28-15-25-30(46-28)27(10-11-36-25)44-26-9-7-21(14-23(26)34)38-32(45)39-29(40)13-18-2-5-20(33)6-3-18/h2-11,14-16,22H,12-13,17H2,1H3,(H2,35,41)(H2,38,39,40,45). The van der Waals surface area contributed by atoms with Crippen molar-refractivity contribution in [1.82, 2.24) is 15.3 Å². The van der Waals surface area contributed by atoms with Crippen LogP contribution in [-0.4, -0.2) is 46.9 Å². The number of ether oxygens (including phenoxy) is 3. The third-order valence-corrected chi connectivity index (χ3v) is 7.97. The van der Waals surface area contributed by atoms with E-state index in [1.165, 1.54) is 54.8 Å². The summed E-state index contributed by atoms with van der Waals surface area (Å²) in [7, 11) is 1.52. The number of rotatable bonds is 11. The van der Waals surface area contributed by atoms with Crippen molar-refractivity contribution in [3.63, 3.8) is 0 Å². The number of methoxy groups -OCH3 is 1. The summed E-state index contributed by atoms with van der Waals surface area (Å²) in [5.41, 5.74) is 8.21. The molecule has 5 aromatic rings. The number of hydrogen-bond donors (Lipinski definition) is 3. The molecule has 0 radical (unpaired) electrons. The largest absolute Gasteiger partial charge is 0.453 e. The van der Waals surface area contributed by atoms with Gasteiger partial charge in [0.15, 0.2) is 16.7 Å². The highest BCUT2D eigenvalue weighted by Crippen LogP contribution is 2.39. The SMILES string of the molecule is COC(COC(N)=O)Cc1ccc(-c2cc3nccc(Oc4ccc(NC(=S)NC(=O)Cc5ccc(F)cc5)cc4F)c3s2)nc1. The molecule has 0 aliphatic carbocycles. The molecule has 2 aromatic carbocycles. The molecule has 0 bridgehead atoms. The highest BCUT2D eigenvalue weighted by Gasteiger charge is 2.16. The summed E-state index contributed by atoms with van der Waals surface area (Å²) in [4.78, 5) is 33.0. The first-order chi connectivity index (χ1) is 22.2. The number of thiocarbonyl (C=S) groups is 1. The van der Waals surface area contributed by atoms with Crippen LogP contribution < -0.4 is 21.1 Å². The number of amides is 2. The number of hydrogen-bond acceptors (Lipinski definition) is 9. The van der Waals surface area contributed by atoms with E-state index in [1.54, 1.807) is 24.5 Å². The van der Waals surface area contributed by atoms with Crippen LogP contribution in [0.15, 0.2) is 79.1 Å². The predicted molar refractivity (Wildman–Crippen MR) is 174 cm³/mol. The second-order valence-corrected chi connectivity index (χ2v) is 11.4. The normalized spacial score (nSPS) is 11.5. The first-order valence-corrected chi connectivity index (χ1v) is 15.0. The third-order valence-electron chi connectivity index (χ3n) is 6.60. The van der Waals surface area contributed by atoms with E-state index in [9.17, 15) is 14.0 Å². The number of carbonyl (C=O) groups is 2. The fourth-order valence-corrected chi connectivity index (χ4v) is 5.64. The number of primary amides is 1. The lowest BCUT2D eigenvalue weighted by Gasteiger charge is -2.14. The molecule has 0 aliphatic heterocycles. The number of fused-ring (bicyclic) bond motifs is 1. The van der Waals surface area contributed by atoms with Crippen LogP contribution in [0.4, 0.5) is 19.3 Å². The van der Waals surface area contributed by atoms with E-state index in [-0.39, 0.29) is 30.0 Å². The molecule has 1 unspecified atom stereocenters. The highest BCUT2D eigenvalue weighted by molar-refractivity contribution is 7.80. The number of thiophene rings is 1. The molecule has 0 spiro atoms. The maximum absolute atomic E-state index is 15.1. The molecule has 14 heteroatoms. The Morgan fingerprint density at radius 3 is 2.48 bits per heavy atom. The number of nitrogens with one attached hydrogen (secondary N) is 2. The van der Waals surface area contributed by atoms with Crippen LogP contribution in [0.2, 0.25) is 0 Å². The second kappa shape index (κ2) is 14.8. The van der Waals surface area contributed by atoms with Crippen LogP contribution in [0, 0.1) is 11.6 Å². The zero-order valence-electron chi connectivity index (χ0n) is 24.3. The van der Waals surface area contributed by atoms with Crippen LogP contribution in [0.1, 0.15) is 11.1 Å². The van der Waals surface area contributed by atoms with Gasteiger partial charge in [-0.05, 0) is 59.7 Å². The van der Waals surface area contributed by atoms with Crippen molar-refractivity contribution in [3.8, 4) is 22.1 Å². The lowest BCUT2D eigenvalue weighted by molar-refractivity contribution is -0.119. The Kier molecular flexibility index (Phi) is 10.4. The van der Waals surface area contributed by atoms with Gasteiger partial charge in [-0.25, -0.2) is 13.6 Å². The van der Waals surface area contributed by atoms with Gasteiger partial charge in [-0.1, -0.05) is 18.2 Å². The number of pyridine rings is 2. The van der Waals surface area contributed by atoms with Gasteiger partial charge in [0, 0.05) is 43.7 Å². The molecule has 46 heavy (non-hydrogen) atoms. The summed E-state index contributed by atoms with van der Waals surface area (Å²) in [5, 5.41) is 5.28.